The van der Waals surface area contributed by atoms with E-state index in [0.717, 1.165) is 25.0 Å². The van der Waals surface area contributed by atoms with E-state index in [1.54, 1.807) is 27.7 Å². The van der Waals surface area contributed by atoms with E-state index in [4.69, 9.17) is 10.8 Å². The van der Waals surface area contributed by atoms with Crippen LogP contribution in [-0.4, -0.2) is 32.6 Å². The smallest absolute Gasteiger partial charge is 0.253 e. The minimum atomic E-state index is -0.0281. The van der Waals surface area contributed by atoms with Crippen LogP contribution in [0.1, 0.15) is 35.1 Å². The minimum Gasteiger partial charge on any atom is -0.374 e. The zero-order valence-electron chi connectivity index (χ0n) is 15.9. The highest BCUT2D eigenvalue weighted by Gasteiger charge is 2.44. The molecule has 2 aliphatic rings. The lowest BCUT2D eigenvalue weighted by Gasteiger charge is -2.28. The Bertz CT molecular complexity index is 1090. The number of nitrogens with zero attached hydrogens (tertiary/aromatic N) is 4. The zero-order chi connectivity index (χ0) is 20.5. The van der Waals surface area contributed by atoms with E-state index in [2.05, 4.69) is 45.2 Å². The molecule has 3 aromatic rings. The number of nitrogen functional groups attached to an aromatic ring is 1. The van der Waals surface area contributed by atoms with Gasteiger partial charge in [0.15, 0.2) is 4.34 Å². The molecule has 3 aromatic heterocycles. The summed E-state index contributed by atoms with van der Waals surface area (Å²) in [5, 5.41) is 19.0. The molecule has 0 bridgehead atoms. The number of allylic oxidation sites excluding steroid dienone is 1. The maximum Gasteiger partial charge on any atom is 0.253 e. The predicted octanol–water partition coefficient (Wildman–Crippen LogP) is 5.16. The zero-order valence-corrected chi connectivity index (χ0v) is 19.2. The summed E-state index contributed by atoms with van der Waals surface area (Å²) in [6, 6.07) is 8.32. The molecule has 0 spiro atoms. The van der Waals surface area contributed by atoms with Gasteiger partial charge in [-0.1, -0.05) is 35.2 Å². The number of hydrogen-bond donors (Lipinski definition) is 1. The van der Waals surface area contributed by atoms with Crippen LogP contribution in [0.25, 0.3) is 6.08 Å². The van der Waals surface area contributed by atoms with Crippen LogP contribution in [0.5, 0.6) is 0 Å². The first-order chi connectivity index (χ1) is 14.7. The number of hydrogen-bond acceptors (Lipinski definition) is 9. The lowest BCUT2D eigenvalue weighted by Crippen LogP contribution is -2.32. The number of anilines is 1. The van der Waals surface area contributed by atoms with Crippen molar-refractivity contribution in [3.05, 3.63) is 50.4 Å². The molecule has 30 heavy (non-hydrogen) atoms. The first-order valence-corrected chi connectivity index (χ1v) is 13.2. The van der Waals surface area contributed by atoms with Gasteiger partial charge in [0, 0.05) is 15.7 Å². The number of aromatic nitrogens is 2. The second-order valence-corrected chi connectivity index (χ2v) is 11.3. The molecule has 0 saturated heterocycles. The fourth-order valence-electron chi connectivity index (χ4n) is 3.96. The first-order valence-electron chi connectivity index (χ1n) is 9.59. The van der Waals surface area contributed by atoms with Crippen molar-refractivity contribution < 1.29 is 4.79 Å². The van der Waals surface area contributed by atoms with Crippen LogP contribution >= 0.6 is 45.8 Å². The van der Waals surface area contributed by atoms with Crippen molar-refractivity contribution >= 4 is 68.6 Å². The number of rotatable bonds is 5. The summed E-state index contributed by atoms with van der Waals surface area (Å²) < 4.78 is 0.705. The van der Waals surface area contributed by atoms with Crippen molar-refractivity contribution in [2.45, 2.75) is 29.6 Å². The first kappa shape index (κ1) is 19.9. The molecule has 0 aromatic carbocycles. The van der Waals surface area contributed by atoms with Gasteiger partial charge < -0.3 is 5.73 Å². The molecular formula is C20H19N5OS4. The Morgan fingerprint density at radius 3 is 2.87 bits per heavy atom. The molecule has 1 fully saturated rings. The van der Waals surface area contributed by atoms with E-state index in [1.165, 1.54) is 38.4 Å². The Kier molecular flexibility index (Phi) is 5.72. The Labute approximate surface area is 190 Å². The summed E-state index contributed by atoms with van der Waals surface area (Å²) in [7, 11) is 0. The molecule has 10 heteroatoms. The van der Waals surface area contributed by atoms with Crippen molar-refractivity contribution in [3.8, 4) is 0 Å². The number of thioether (sulfide) groups is 1. The maximum atomic E-state index is 13.2. The lowest BCUT2D eigenvalue weighted by atomic mass is 9.79. The third kappa shape index (κ3) is 3.96. The van der Waals surface area contributed by atoms with Gasteiger partial charge in [-0.15, -0.1) is 32.9 Å². The van der Waals surface area contributed by atoms with E-state index < -0.39 is 0 Å². The average Bonchev–Trinajstić information content (AvgIpc) is 3.52. The second kappa shape index (κ2) is 8.62. The number of carbonyl (C=O) groups is 1. The van der Waals surface area contributed by atoms with Gasteiger partial charge in [-0.25, -0.2) is 5.01 Å². The Balaban J connectivity index is 1.44. The van der Waals surface area contributed by atoms with Gasteiger partial charge in [0.1, 0.15) is 0 Å². The topological polar surface area (TPSA) is 84.5 Å². The standard InChI is InChI=1S/C20H19N5OS4/c21-19-22-23-20(30-19)29-11-16(26)25-18(15-7-3-9-28-15)14-6-1-4-12(17(14)24-25)10-13-5-2-8-27-13/h2-3,5,7-10,14,18H,1,4,6,11H2,(H2,21,22)/b12-10+/t14-,18-/m1/s1. The van der Waals surface area contributed by atoms with Crippen molar-refractivity contribution in [3.63, 3.8) is 0 Å². The van der Waals surface area contributed by atoms with E-state index in [0.29, 0.717) is 9.47 Å². The minimum absolute atomic E-state index is 0.00968. The second-order valence-electron chi connectivity index (χ2n) is 7.06. The maximum absolute atomic E-state index is 13.2. The van der Waals surface area contributed by atoms with Gasteiger partial charge >= 0.3 is 0 Å². The van der Waals surface area contributed by atoms with Crippen molar-refractivity contribution in [1.29, 1.82) is 0 Å². The predicted molar refractivity (Wildman–Crippen MR) is 126 cm³/mol. The molecule has 2 atom stereocenters. The number of amides is 1. The van der Waals surface area contributed by atoms with Gasteiger partial charge in [-0.05, 0) is 53.8 Å². The van der Waals surface area contributed by atoms with Crippen LogP contribution in [-0.2, 0) is 4.79 Å². The molecule has 1 aliphatic heterocycles. The number of fused-ring (bicyclic) bond motifs is 1. The molecule has 5 rings (SSSR count). The third-order valence-corrected chi connectivity index (χ3v) is 8.83. The van der Waals surface area contributed by atoms with Gasteiger partial charge in [-0.3, -0.25) is 4.79 Å². The molecule has 154 valence electrons. The van der Waals surface area contributed by atoms with Gasteiger partial charge in [-0.2, -0.15) is 5.10 Å². The van der Waals surface area contributed by atoms with Crippen molar-refractivity contribution in [2.24, 2.45) is 11.0 Å². The van der Waals surface area contributed by atoms with Gasteiger partial charge in [0.2, 0.25) is 5.13 Å². The number of carbonyl (C=O) groups excluding carboxylic acids is 1. The fraction of sp³-hybridized carbons (Fsp3) is 0.300. The third-order valence-electron chi connectivity index (χ3n) is 5.19. The molecule has 1 amide bonds. The van der Waals surface area contributed by atoms with Gasteiger partial charge in [0.05, 0.1) is 17.5 Å². The molecule has 0 unspecified atom stereocenters. The highest BCUT2D eigenvalue weighted by molar-refractivity contribution is 8.01. The summed E-state index contributed by atoms with van der Waals surface area (Å²) >= 11 is 6.09. The lowest BCUT2D eigenvalue weighted by molar-refractivity contribution is -0.130. The quantitative estimate of drug-likeness (QED) is 0.518. The van der Waals surface area contributed by atoms with Crippen LogP contribution < -0.4 is 5.73 Å². The van der Waals surface area contributed by atoms with E-state index >= 15 is 0 Å². The summed E-state index contributed by atoms with van der Waals surface area (Å²) in [5.41, 5.74) is 7.99. The highest BCUT2D eigenvalue weighted by Crippen LogP contribution is 2.46. The fourth-order valence-corrected chi connectivity index (χ4v) is 7.00. The number of nitrogens with two attached hydrogens (primary N) is 1. The van der Waals surface area contributed by atoms with Crippen LogP contribution in [0.15, 0.2) is 50.0 Å². The Morgan fingerprint density at radius 2 is 2.13 bits per heavy atom. The van der Waals surface area contributed by atoms with Gasteiger partial charge in [0.25, 0.3) is 5.91 Å². The summed E-state index contributed by atoms with van der Waals surface area (Å²) in [6.07, 6.45) is 5.41. The van der Waals surface area contributed by atoms with Crippen LogP contribution in [0, 0.1) is 5.92 Å². The molecule has 4 heterocycles. The Morgan fingerprint density at radius 1 is 1.27 bits per heavy atom. The van der Waals surface area contributed by atoms with Crippen LogP contribution in [0.3, 0.4) is 0 Å². The Hall–Kier alpha value is -2.01. The van der Waals surface area contributed by atoms with E-state index in [-0.39, 0.29) is 23.6 Å². The monoisotopic (exact) mass is 473 g/mol. The molecule has 2 N–H and O–H groups in total. The average molecular weight is 474 g/mol. The molecule has 0 radical (unpaired) electrons. The molecule has 6 nitrogen and oxygen atoms in total. The van der Waals surface area contributed by atoms with Crippen LogP contribution in [0.4, 0.5) is 5.13 Å². The summed E-state index contributed by atoms with van der Waals surface area (Å²) in [5.74, 6) is 0.503. The van der Waals surface area contributed by atoms with Crippen molar-refractivity contribution in [1.82, 2.24) is 15.2 Å². The molecule has 1 aliphatic carbocycles. The number of hydrazone groups is 1. The largest absolute Gasteiger partial charge is 0.374 e. The summed E-state index contributed by atoms with van der Waals surface area (Å²) in [6.45, 7) is 0. The summed E-state index contributed by atoms with van der Waals surface area (Å²) in [4.78, 5) is 15.6. The molecular weight excluding hydrogens is 455 g/mol. The number of thiophene rings is 2. The van der Waals surface area contributed by atoms with Crippen molar-refractivity contribution in [2.75, 3.05) is 11.5 Å². The van der Waals surface area contributed by atoms with E-state index in [9.17, 15) is 4.79 Å². The van der Waals surface area contributed by atoms with Crippen LogP contribution in [0.2, 0.25) is 0 Å². The molecule has 1 saturated carbocycles. The highest BCUT2D eigenvalue weighted by atomic mass is 32.2. The van der Waals surface area contributed by atoms with E-state index in [1.807, 2.05) is 6.07 Å². The normalized spacial score (nSPS) is 22.3. The SMILES string of the molecule is Nc1nnc(SCC(=O)N2N=C3/C(=C/c4cccs4)CCC[C@H]3[C@@H]2c2cccs2)s1.